The minimum atomic E-state index is -0.729. The molecule has 7 heteroatoms. The second-order valence-electron chi connectivity index (χ2n) is 8.74. The fourth-order valence-electron chi connectivity index (χ4n) is 2.72. The zero-order valence-electron chi connectivity index (χ0n) is 18.5. The normalized spacial score (nSPS) is 11.7. The Morgan fingerprint density at radius 2 is 1.47 bits per heavy atom. The molecule has 0 aliphatic rings. The maximum atomic E-state index is 12.9. The summed E-state index contributed by atoms with van der Waals surface area (Å²) in [5.41, 5.74) is -0.861. The van der Waals surface area contributed by atoms with Crippen LogP contribution >= 0.6 is 0 Å². The molecule has 2 aromatic rings. The summed E-state index contributed by atoms with van der Waals surface area (Å²) >= 11 is 0. The first-order valence-corrected chi connectivity index (χ1v) is 9.54. The fourth-order valence-corrected chi connectivity index (χ4v) is 2.72. The molecule has 0 unspecified atom stereocenters. The Morgan fingerprint density at radius 1 is 0.833 bits per heavy atom. The minimum Gasteiger partial charge on any atom is -0.481 e. The number of esters is 3. The Kier molecular flexibility index (Phi) is 6.75. The highest BCUT2D eigenvalue weighted by Crippen LogP contribution is 2.31. The number of benzene rings is 2. The van der Waals surface area contributed by atoms with E-state index in [9.17, 15) is 14.4 Å². The molecule has 7 nitrogen and oxygen atoms in total. The predicted molar refractivity (Wildman–Crippen MR) is 112 cm³/mol. The lowest BCUT2D eigenvalue weighted by Crippen LogP contribution is -2.28. The van der Waals surface area contributed by atoms with Gasteiger partial charge >= 0.3 is 17.9 Å². The van der Waals surface area contributed by atoms with Gasteiger partial charge in [0, 0.05) is 5.39 Å². The van der Waals surface area contributed by atoms with Crippen molar-refractivity contribution in [1.29, 1.82) is 0 Å². The number of hydrogen-bond donors (Lipinski definition) is 0. The molecular formula is C23H28O7. The molecule has 0 spiro atoms. The standard InChI is InChI=1S/C23H28O7/c1-22(2,3)29-18(24)13-28-17-11-9-14-12-15(20(25)27-7)8-10-16(14)19(17)21(26)30-23(4,5)6/h8-12H,13H2,1-7H3. The highest BCUT2D eigenvalue weighted by molar-refractivity contribution is 6.08. The van der Waals surface area contributed by atoms with Crippen molar-refractivity contribution in [3.05, 3.63) is 41.5 Å². The quantitative estimate of drug-likeness (QED) is 0.530. The SMILES string of the molecule is COC(=O)c1ccc2c(C(=O)OC(C)(C)C)c(OCC(=O)OC(C)(C)C)ccc2c1. The van der Waals surface area contributed by atoms with E-state index >= 15 is 0 Å². The maximum Gasteiger partial charge on any atom is 0.344 e. The van der Waals surface area contributed by atoms with Gasteiger partial charge in [-0.1, -0.05) is 12.1 Å². The van der Waals surface area contributed by atoms with Gasteiger partial charge < -0.3 is 18.9 Å². The molecule has 0 atom stereocenters. The molecule has 0 bridgehead atoms. The molecular weight excluding hydrogens is 388 g/mol. The second kappa shape index (κ2) is 8.73. The molecule has 0 aliphatic carbocycles. The number of methoxy groups -OCH3 is 1. The largest absolute Gasteiger partial charge is 0.481 e. The third kappa shape index (κ3) is 6.20. The van der Waals surface area contributed by atoms with E-state index in [1.54, 1.807) is 71.9 Å². The third-order valence-electron chi connectivity index (χ3n) is 3.77. The van der Waals surface area contributed by atoms with E-state index in [-0.39, 0.29) is 17.9 Å². The van der Waals surface area contributed by atoms with Crippen LogP contribution in [0.3, 0.4) is 0 Å². The van der Waals surface area contributed by atoms with Crippen molar-refractivity contribution in [3.63, 3.8) is 0 Å². The number of carbonyl (C=O) groups excluding carboxylic acids is 3. The number of fused-ring (bicyclic) bond motifs is 1. The van der Waals surface area contributed by atoms with Crippen molar-refractivity contribution in [2.75, 3.05) is 13.7 Å². The van der Waals surface area contributed by atoms with Crippen LogP contribution in [0.1, 0.15) is 62.3 Å². The lowest BCUT2D eigenvalue weighted by Gasteiger charge is -2.22. The molecule has 0 saturated heterocycles. The molecule has 0 saturated carbocycles. The van der Waals surface area contributed by atoms with Gasteiger partial charge in [0.25, 0.3) is 0 Å². The van der Waals surface area contributed by atoms with Gasteiger partial charge in [-0.3, -0.25) is 0 Å². The number of hydrogen-bond acceptors (Lipinski definition) is 7. The molecule has 0 radical (unpaired) electrons. The summed E-state index contributed by atoms with van der Waals surface area (Å²) in [7, 11) is 1.30. The van der Waals surface area contributed by atoms with E-state index in [1.807, 2.05) is 0 Å². The van der Waals surface area contributed by atoms with Crippen molar-refractivity contribution in [1.82, 2.24) is 0 Å². The summed E-state index contributed by atoms with van der Waals surface area (Å²) in [6, 6.07) is 8.06. The summed E-state index contributed by atoms with van der Waals surface area (Å²) in [6.07, 6.45) is 0. The number of ether oxygens (including phenoxy) is 4. The van der Waals surface area contributed by atoms with Gasteiger partial charge in [0.15, 0.2) is 6.61 Å². The summed E-state index contributed by atoms with van der Waals surface area (Å²) < 4.78 is 21.2. The zero-order chi connectivity index (χ0) is 22.7. The Balaban J connectivity index is 2.47. The van der Waals surface area contributed by atoms with Crippen molar-refractivity contribution in [2.24, 2.45) is 0 Å². The number of rotatable bonds is 5. The van der Waals surface area contributed by atoms with Gasteiger partial charge in [0.05, 0.1) is 12.7 Å². The summed E-state index contributed by atoms with van der Waals surface area (Å²) in [5, 5.41) is 1.15. The third-order valence-corrected chi connectivity index (χ3v) is 3.77. The zero-order valence-corrected chi connectivity index (χ0v) is 18.5. The van der Waals surface area contributed by atoms with E-state index in [0.29, 0.717) is 16.3 Å². The molecule has 0 amide bonds. The van der Waals surface area contributed by atoms with Crippen LogP contribution in [0, 0.1) is 0 Å². The fraction of sp³-hybridized carbons (Fsp3) is 0.435. The Morgan fingerprint density at radius 3 is 2.03 bits per heavy atom. The Labute approximate surface area is 176 Å². The topological polar surface area (TPSA) is 88.1 Å². The second-order valence-corrected chi connectivity index (χ2v) is 8.74. The number of carbonyl (C=O) groups is 3. The van der Waals surface area contributed by atoms with Gasteiger partial charge in [0.2, 0.25) is 0 Å². The van der Waals surface area contributed by atoms with Gasteiger partial charge in [-0.05, 0) is 65.1 Å². The van der Waals surface area contributed by atoms with Crippen LogP contribution in [-0.4, -0.2) is 42.8 Å². The smallest absolute Gasteiger partial charge is 0.344 e. The molecule has 0 heterocycles. The van der Waals surface area contributed by atoms with Crippen LogP contribution in [0.15, 0.2) is 30.3 Å². The monoisotopic (exact) mass is 416 g/mol. The van der Waals surface area contributed by atoms with E-state index in [1.165, 1.54) is 7.11 Å². The maximum absolute atomic E-state index is 12.9. The first-order valence-electron chi connectivity index (χ1n) is 9.54. The summed E-state index contributed by atoms with van der Waals surface area (Å²) in [5.74, 6) is -1.45. The van der Waals surface area contributed by atoms with Crippen molar-refractivity contribution in [3.8, 4) is 5.75 Å². The van der Waals surface area contributed by atoms with Crippen LogP contribution in [0.5, 0.6) is 5.75 Å². The van der Waals surface area contributed by atoms with Crippen LogP contribution < -0.4 is 4.74 Å². The molecule has 2 rings (SSSR count). The first-order chi connectivity index (χ1) is 13.8. The van der Waals surface area contributed by atoms with Gasteiger partial charge in [-0.2, -0.15) is 0 Å². The molecule has 162 valence electrons. The lowest BCUT2D eigenvalue weighted by atomic mass is 10.0. The molecule has 30 heavy (non-hydrogen) atoms. The minimum absolute atomic E-state index is 0.169. The summed E-state index contributed by atoms with van der Waals surface area (Å²) in [4.78, 5) is 36.8. The molecule has 0 N–H and O–H groups in total. The first kappa shape index (κ1) is 23.2. The van der Waals surface area contributed by atoms with E-state index in [4.69, 9.17) is 18.9 Å². The van der Waals surface area contributed by atoms with Gasteiger partial charge in [0.1, 0.15) is 22.5 Å². The molecule has 0 aromatic heterocycles. The average molecular weight is 416 g/mol. The van der Waals surface area contributed by atoms with E-state index in [0.717, 1.165) is 0 Å². The molecule has 2 aromatic carbocycles. The predicted octanol–water partition coefficient (Wildman–Crippen LogP) is 4.30. The van der Waals surface area contributed by atoms with Crippen LogP contribution in [-0.2, 0) is 19.0 Å². The van der Waals surface area contributed by atoms with Crippen LogP contribution in [0.4, 0.5) is 0 Å². The molecule has 0 fully saturated rings. The highest BCUT2D eigenvalue weighted by Gasteiger charge is 2.25. The van der Waals surface area contributed by atoms with E-state index in [2.05, 4.69) is 0 Å². The Hall–Kier alpha value is -3.09. The highest BCUT2D eigenvalue weighted by atomic mass is 16.6. The van der Waals surface area contributed by atoms with Crippen molar-refractivity contribution >= 4 is 28.7 Å². The van der Waals surface area contributed by atoms with Crippen molar-refractivity contribution < 1.29 is 33.3 Å². The van der Waals surface area contributed by atoms with Crippen LogP contribution in [0.25, 0.3) is 10.8 Å². The van der Waals surface area contributed by atoms with Crippen molar-refractivity contribution in [2.45, 2.75) is 52.7 Å². The van der Waals surface area contributed by atoms with Gasteiger partial charge in [-0.25, -0.2) is 14.4 Å². The lowest BCUT2D eigenvalue weighted by molar-refractivity contribution is -0.157. The van der Waals surface area contributed by atoms with E-state index < -0.39 is 29.1 Å². The Bertz CT molecular complexity index is 962. The summed E-state index contributed by atoms with van der Waals surface area (Å²) in [6.45, 7) is 10.2. The molecule has 0 aliphatic heterocycles. The van der Waals surface area contributed by atoms with Gasteiger partial charge in [-0.15, -0.1) is 0 Å². The van der Waals surface area contributed by atoms with Crippen LogP contribution in [0.2, 0.25) is 0 Å². The average Bonchev–Trinajstić information content (AvgIpc) is 2.61.